The molecule has 5 heteroatoms. The Morgan fingerprint density at radius 2 is 2.12 bits per heavy atom. The first-order valence-corrected chi connectivity index (χ1v) is 5.95. The number of nitrogens with one attached hydrogen (secondary N) is 1. The van der Waals surface area contributed by atoms with Gasteiger partial charge in [0.25, 0.3) is 0 Å². The van der Waals surface area contributed by atoms with Gasteiger partial charge >= 0.3 is 0 Å². The molecule has 5 atom stereocenters. The molecule has 0 aromatic carbocycles. The molecule has 0 aromatic heterocycles. The lowest BCUT2D eigenvalue weighted by molar-refractivity contribution is -0.127. The van der Waals surface area contributed by atoms with Gasteiger partial charge in [0.05, 0.1) is 18.6 Å². The minimum absolute atomic E-state index is 0.0231. The summed E-state index contributed by atoms with van der Waals surface area (Å²) >= 11 is 0. The number of aliphatic hydroxyl groups excluding tert-OH is 2. The summed E-state index contributed by atoms with van der Waals surface area (Å²) in [5.41, 5.74) is 6.03. The second-order valence-corrected chi connectivity index (χ2v) is 5.02. The molecule has 0 aromatic rings. The van der Waals surface area contributed by atoms with E-state index in [4.69, 9.17) is 15.9 Å². The zero-order valence-corrected chi connectivity index (χ0v) is 9.30. The molecule has 5 nitrogen and oxygen atoms in total. The summed E-state index contributed by atoms with van der Waals surface area (Å²) in [4.78, 5) is 11.9. The van der Waals surface area contributed by atoms with Crippen molar-refractivity contribution in [3.8, 4) is 0 Å². The van der Waals surface area contributed by atoms with Crippen LogP contribution in [-0.2, 0) is 4.79 Å². The molecule has 0 aliphatic heterocycles. The molecule has 2 aliphatic rings. The molecule has 5 unspecified atom stereocenters. The average Bonchev–Trinajstić information content (AvgIpc) is 2.85. The summed E-state index contributed by atoms with van der Waals surface area (Å²) in [7, 11) is 0. The van der Waals surface area contributed by atoms with E-state index in [0.29, 0.717) is 11.8 Å². The SMILES string of the molecule is NC1C2CCC(C2)C1C(=O)NCC(O)CO. The molecule has 0 saturated heterocycles. The standard InChI is InChI=1S/C11H20N2O3/c12-10-7-2-1-6(3-7)9(10)11(16)13-4-8(15)5-14/h6-10,14-15H,1-5,12H2,(H,13,16). The van der Waals surface area contributed by atoms with Gasteiger partial charge in [0.1, 0.15) is 0 Å². The number of hydrogen-bond acceptors (Lipinski definition) is 4. The van der Waals surface area contributed by atoms with Crippen molar-refractivity contribution in [1.82, 2.24) is 5.32 Å². The lowest BCUT2D eigenvalue weighted by Gasteiger charge is -2.27. The van der Waals surface area contributed by atoms with E-state index in [1.54, 1.807) is 0 Å². The average molecular weight is 228 g/mol. The van der Waals surface area contributed by atoms with Gasteiger partial charge in [0.2, 0.25) is 5.91 Å². The van der Waals surface area contributed by atoms with Crippen molar-refractivity contribution in [3.63, 3.8) is 0 Å². The number of carbonyl (C=O) groups excluding carboxylic acids is 1. The van der Waals surface area contributed by atoms with E-state index < -0.39 is 6.10 Å². The summed E-state index contributed by atoms with van der Waals surface area (Å²) in [6, 6.07) is -0.0231. The smallest absolute Gasteiger partial charge is 0.225 e. The van der Waals surface area contributed by atoms with Gasteiger partial charge in [-0.2, -0.15) is 0 Å². The van der Waals surface area contributed by atoms with Crippen LogP contribution in [0.2, 0.25) is 0 Å². The summed E-state index contributed by atoms with van der Waals surface area (Å²) in [5, 5.41) is 20.5. The maximum absolute atomic E-state index is 11.9. The van der Waals surface area contributed by atoms with Crippen LogP contribution in [0.5, 0.6) is 0 Å². The minimum atomic E-state index is -0.876. The first kappa shape index (κ1) is 11.8. The summed E-state index contributed by atoms with van der Waals surface area (Å²) in [6.07, 6.45) is 2.44. The van der Waals surface area contributed by atoms with E-state index in [1.165, 1.54) is 0 Å². The maximum atomic E-state index is 11.9. The molecular weight excluding hydrogens is 208 g/mol. The molecule has 1 amide bonds. The van der Waals surface area contributed by atoms with Crippen molar-refractivity contribution in [2.75, 3.05) is 13.2 Å². The molecule has 0 spiro atoms. The van der Waals surface area contributed by atoms with E-state index in [0.717, 1.165) is 19.3 Å². The van der Waals surface area contributed by atoms with Gasteiger partial charge in [-0.25, -0.2) is 0 Å². The van der Waals surface area contributed by atoms with Gasteiger partial charge in [-0.1, -0.05) is 0 Å². The Kier molecular flexibility index (Phi) is 3.47. The van der Waals surface area contributed by atoms with E-state index in [1.807, 2.05) is 0 Å². The van der Waals surface area contributed by atoms with Gasteiger partial charge in [-0.05, 0) is 31.1 Å². The van der Waals surface area contributed by atoms with Crippen LogP contribution in [-0.4, -0.2) is 41.4 Å². The third-order valence-electron chi connectivity index (χ3n) is 4.01. The Labute approximate surface area is 95.0 Å². The van der Waals surface area contributed by atoms with Gasteiger partial charge in [-0.3, -0.25) is 4.79 Å². The van der Waals surface area contributed by atoms with Crippen LogP contribution in [0, 0.1) is 17.8 Å². The number of nitrogens with two attached hydrogens (primary N) is 1. The summed E-state index contributed by atoms with van der Waals surface area (Å²) < 4.78 is 0. The largest absolute Gasteiger partial charge is 0.394 e. The molecule has 2 rings (SSSR count). The normalized spacial score (nSPS) is 38.7. The molecule has 2 fully saturated rings. The van der Waals surface area contributed by atoms with E-state index in [-0.39, 0.29) is 31.0 Å². The lowest BCUT2D eigenvalue weighted by atomic mass is 9.84. The number of aliphatic hydroxyl groups is 2. The highest BCUT2D eigenvalue weighted by Gasteiger charge is 2.48. The molecule has 5 N–H and O–H groups in total. The quantitative estimate of drug-likeness (QED) is 0.487. The maximum Gasteiger partial charge on any atom is 0.225 e. The molecule has 2 aliphatic carbocycles. The third kappa shape index (κ3) is 2.07. The highest BCUT2D eigenvalue weighted by atomic mass is 16.3. The molecule has 16 heavy (non-hydrogen) atoms. The monoisotopic (exact) mass is 228 g/mol. The van der Waals surface area contributed by atoms with Crippen molar-refractivity contribution in [3.05, 3.63) is 0 Å². The Balaban J connectivity index is 1.86. The van der Waals surface area contributed by atoms with E-state index >= 15 is 0 Å². The van der Waals surface area contributed by atoms with E-state index in [2.05, 4.69) is 5.32 Å². The number of amides is 1. The fourth-order valence-electron chi connectivity index (χ4n) is 3.13. The van der Waals surface area contributed by atoms with Gasteiger partial charge in [0, 0.05) is 12.6 Å². The molecular formula is C11H20N2O3. The highest BCUT2D eigenvalue weighted by molar-refractivity contribution is 5.80. The van der Waals surface area contributed by atoms with Crippen molar-refractivity contribution < 1.29 is 15.0 Å². The number of hydrogen-bond donors (Lipinski definition) is 4. The first-order valence-electron chi connectivity index (χ1n) is 5.95. The van der Waals surface area contributed by atoms with Crippen molar-refractivity contribution in [2.24, 2.45) is 23.5 Å². The number of rotatable bonds is 4. The molecule has 0 heterocycles. The van der Waals surface area contributed by atoms with Crippen LogP contribution in [0.4, 0.5) is 0 Å². The summed E-state index contributed by atoms with van der Waals surface area (Å²) in [5.74, 6) is 0.770. The predicted molar refractivity (Wildman–Crippen MR) is 58.4 cm³/mol. The predicted octanol–water partition coefficient (Wildman–Crippen LogP) is -1.17. The second kappa shape index (κ2) is 4.69. The van der Waals surface area contributed by atoms with Crippen LogP contribution in [0.15, 0.2) is 0 Å². The van der Waals surface area contributed by atoms with Crippen molar-refractivity contribution in [2.45, 2.75) is 31.4 Å². The van der Waals surface area contributed by atoms with Crippen LogP contribution in [0.25, 0.3) is 0 Å². The topological polar surface area (TPSA) is 95.6 Å². The van der Waals surface area contributed by atoms with Gasteiger partial charge < -0.3 is 21.3 Å². The molecule has 0 radical (unpaired) electrons. The zero-order chi connectivity index (χ0) is 11.7. The minimum Gasteiger partial charge on any atom is -0.394 e. The summed E-state index contributed by atoms with van der Waals surface area (Å²) in [6.45, 7) is -0.223. The van der Waals surface area contributed by atoms with Crippen LogP contribution < -0.4 is 11.1 Å². The second-order valence-electron chi connectivity index (χ2n) is 5.02. The third-order valence-corrected chi connectivity index (χ3v) is 4.01. The Morgan fingerprint density at radius 1 is 1.44 bits per heavy atom. The number of carbonyl (C=O) groups is 1. The Morgan fingerprint density at radius 3 is 2.69 bits per heavy atom. The molecule has 2 saturated carbocycles. The van der Waals surface area contributed by atoms with Crippen molar-refractivity contribution >= 4 is 5.91 Å². The lowest BCUT2D eigenvalue weighted by Crippen LogP contribution is -2.47. The highest BCUT2D eigenvalue weighted by Crippen LogP contribution is 2.47. The first-order chi connectivity index (χ1) is 7.63. The van der Waals surface area contributed by atoms with Gasteiger partial charge in [0.15, 0.2) is 0 Å². The molecule has 92 valence electrons. The zero-order valence-electron chi connectivity index (χ0n) is 9.30. The van der Waals surface area contributed by atoms with Crippen LogP contribution >= 0.6 is 0 Å². The van der Waals surface area contributed by atoms with Gasteiger partial charge in [-0.15, -0.1) is 0 Å². The molecule has 2 bridgehead atoms. The number of fused-ring (bicyclic) bond motifs is 2. The van der Waals surface area contributed by atoms with E-state index in [9.17, 15) is 4.79 Å². The Bertz CT molecular complexity index is 270. The Hall–Kier alpha value is -0.650. The fraction of sp³-hybridized carbons (Fsp3) is 0.909. The van der Waals surface area contributed by atoms with Crippen LogP contribution in [0.1, 0.15) is 19.3 Å². The van der Waals surface area contributed by atoms with Crippen molar-refractivity contribution in [1.29, 1.82) is 0 Å². The fourth-order valence-corrected chi connectivity index (χ4v) is 3.13. The van der Waals surface area contributed by atoms with Crippen LogP contribution in [0.3, 0.4) is 0 Å².